The summed E-state index contributed by atoms with van der Waals surface area (Å²) in [6, 6.07) is -0.377. The van der Waals surface area contributed by atoms with E-state index in [1.807, 2.05) is 0 Å². The van der Waals surface area contributed by atoms with Crippen LogP contribution in [0, 0.1) is 17.8 Å². The molecule has 1 aliphatic heterocycles. The van der Waals surface area contributed by atoms with Gasteiger partial charge in [0, 0.05) is 0 Å². The molecule has 4 atom stereocenters. The number of aliphatic hydroxyl groups is 1. The Kier molecular flexibility index (Phi) is 3.02. The zero-order valence-corrected chi connectivity index (χ0v) is 9.85. The van der Waals surface area contributed by atoms with Gasteiger partial charge < -0.3 is 5.11 Å². The number of aliphatic hydroxyl groups excluding tert-OH is 1. The second-order valence-corrected chi connectivity index (χ2v) is 5.12. The lowest BCUT2D eigenvalue weighted by molar-refractivity contribution is -0.143. The summed E-state index contributed by atoms with van der Waals surface area (Å²) >= 11 is 0. The number of likely N-dealkylation sites (tertiary alicyclic amines) is 1. The van der Waals surface area contributed by atoms with Gasteiger partial charge in [-0.15, -0.1) is 0 Å². The highest BCUT2D eigenvalue weighted by atomic mass is 16.3. The van der Waals surface area contributed by atoms with E-state index in [-0.39, 0.29) is 36.3 Å². The van der Waals surface area contributed by atoms with E-state index < -0.39 is 0 Å². The first-order valence-corrected chi connectivity index (χ1v) is 6.05. The molecule has 0 spiro atoms. The number of rotatable bonds is 2. The lowest BCUT2D eigenvalue weighted by Crippen LogP contribution is -2.41. The molecule has 0 aromatic heterocycles. The first-order valence-electron chi connectivity index (χ1n) is 6.05. The zero-order valence-electron chi connectivity index (χ0n) is 9.85. The molecule has 1 heterocycles. The van der Waals surface area contributed by atoms with Gasteiger partial charge in [0.15, 0.2) is 0 Å². The molecule has 4 nitrogen and oxygen atoms in total. The topological polar surface area (TPSA) is 57.6 Å². The summed E-state index contributed by atoms with van der Waals surface area (Å²) in [6.45, 7) is 3.62. The fourth-order valence-corrected chi connectivity index (χ4v) is 3.07. The van der Waals surface area contributed by atoms with Crippen molar-refractivity contribution in [2.24, 2.45) is 17.8 Å². The number of carbonyl (C=O) groups is 2. The molecule has 90 valence electrons. The molecule has 1 N–H and O–H groups in total. The Morgan fingerprint density at radius 3 is 2.62 bits per heavy atom. The van der Waals surface area contributed by atoms with Gasteiger partial charge in [-0.3, -0.25) is 14.5 Å². The van der Waals surface area contributed by atoms with Gasteiger partial charge in [0.1, 0.15) is 0 Å². The SMILES string of the molecule is CC1CCCC2C(=O)N(C(C)CO)C(=O)C12. The van der Waals surface area contributed by atoms with Crippen molar-refractivity contribution in [1.29, 1.82) is 0 Å². The minimum absolute atomic E-state index is 0.0660. The lowest BCUT2D eigenvalue weighted by Gasteiger charge is -2.27. The monoisotopic (exact) mass is 225 g/mol. The number of amides is 2. The molecule has 16 heavy (non-hydrogen) atoms. The lowest BCUT2D eigenvalue weighted by atomic mass is 9.74. The molecule has 4 heteroatoms. The maximum Gasteiger partial charge on any atom is 0.233 e. The second-order valence-electron chi connectivity index (χ2n) is 5.12. The van der Waals surface area contributed by atoms with Crippen molar-refractivity contribution in [3.05, 3.63) is 0 Å². The van der Waals surface area contributed by atoms with E-state index in [4.69, 9.17) is 5.11 Å². The third-order valence-corrected chi connectivity index (χ3v) is 4.00. The zero-order chi connectivity index (χ0) is 11.9. The number of hydrogen-bond donors (Lipinski definition) is 1. The van der Waals surface area contributed by atoms with Crippen molar-refractivity contribution in [1.82, 2.24) is 4.90 Å². The molecule has 2 rings (SSSR count). The van der Waals surface area contributed by atoms with E-state index in [9.17, 15) is 9.59 Å². The third-order valence-electron chi connectivity index (χ3n) is 4.00. The van der Waals surface area contributed by atoms with Crippen LogP contribution in [0.4, 0.5) is 0 Å². The second kappa shape index (κ2) is 4.17. The van der Waals surface area contributed by atoms with E-state index in [0.29, 0.717) is 5.92 Å². The molecule has 2 aliphatic rings. The Labute approximate surface area is 95.6 Å². The average Bonchev–Trinajstić information content (AvgIpc) is 2.52. The highest BCUT2D eigenvalue weighted by Crippen LogP contribution is 2.42. The van der Waals surface area contributed by atoms with Crippen molar-refractivity contribution in [3.63, 3.8) is 0 Å². The first-order chi connectivity index (χ1) is 7.57. The molecular weight excluding hydrogens is 206 g/mol. The standard InChI is InChI=1S/C12H19NO3/c1-7-4-3-5-9-10(7)12(16)13(11(9)15)8(2)6-14/h7-10,14H,3-6H2,1-2H3. The van der Waals surface area contributed by atoms with E-state index in [1.165, 1.54) is 4.90 Å². The Bertz CT molecular complexity index is 315. The number of nitrogens with zero attached hydrogens (tertiary/aromatic N) is 1. The van der Waals surface area contributed by atoms with Crippen LogP contribution < -0.4 is 0 Å². The van der Waals surface area contributed by atoms with E-state index in [1.54, 1.807) is 6.92 Å². The van der Waals surface area contributed by atoms with Crippen LogP contribution in [-0.2, 0) is 9.59 Å². The summed E-state index contributed by atoms with van der Waals surface area (Å²) in [5.74, 6) is -0.0848. The average molecular weight is 225 g/mol. The van der Waals surface area contributed by atoms with Crippen LogP contribution in [0.1, 0.15) is 33.1 Å². The summed E-state index contributed by atoms with van der Waals surface area (Å²) < 4.78 is 0. The smallest absolute Gasteiger partial charge is 0.233 e. The molecule has 2 amide bonds. The fourth-order valence-electron chi connectivity index (χ4n) is 3.07. The summed E-state index contributed by atoms with van der Waals surface area (Å²) in [7, 11) is 0. The molecule has 4 unspecified atom stereocenters. The van der Waals surface area contributed by atoms with E-state index >= 15 is 0 Å². The molecule has 0 aromatic rings. The maximum absolute atomic E-state index is 12.2. The first kappa shape index (κ1) is 11.6. The fraction of sp³-hybridized carbons (Fsp3) is 0.833. The van der Waals surface area contributed by atoms with E-state index in [0.717, 1.165) is 19.3 Å². The minimum atomic E-state index is -0.377. The summed E-state index contributed by atoms with van der Waals surface area (Å²) in [4.78, 5) is 25.5. The van der Waals surface area contributed by atoms with Crippen LogP contribution in [0.5, 0.6) is 0 Å². The van der Waals surface area contributed by atoms with Gasteiger partial charge in [-0.1, -0.05) is 13.3 Å². The molecule has 0 aromatic carbocycles. The van der Waals surface area contributed by atoms with Gasteiger partial charge in [0.25, 0.3) is 0 Å². The summed E-state index contributed by atoms with van der Waals surface area (Å²) in [6.07, 6.45) is 2.89. The van der Waals surface area contributed by atoms with Crippen molar-refractivity contribution in [2.45, 2.75) is 39.2 Å². The van der Waals surface area contributed by atoms with Crippen LogP contribution >= 0.6 is 0 Å². The molecule has 0 bridgehead atoms. The van der Waals surface area contributed by atoms with Gasteiger partial charge in [0.05, 0.1) is 24.5 Å². The number of fused-ring (bicyclic) bond motifs is 1. The Hall–Kier alpha value is -0.900. The van der Waals surface area contributed by atoms with Crippen LogP contribution in [0.3, 0.4) is 0 Å². The van der Waals surface area contributed by atoms with Crippen LogP contribution in [0.25, 0.3) is 0 Å². The predicted octanol–water partition coefficient (Wildman–Crippen LogP) is 0.788. The van der Waals surface area contributed by atoms with Gasteiger partial charge in [0.2, 0.25) is 11.8 Å². The van der Waals surface area contributed by atoms with Gasteiger partial charge >= 0.3 is 0 Å². The van der Waals surface area contributed by atoms with Crippen molar-refractivity contribution >= 4 is 11.8 Å². The quantitative estimate of drug-likeness (QED) is 0.707. The van der Waals surface area contributed by atoms with E-state index in [2.05, 4.69) is 6.92 Å². The summed E-state index contributed by atoms with van der Waals surface area (Å²) in [5.41, 5.74) is 0. The number of carbonyl (C=O) groups excluding carboxylic acids is 2. The largest absolute Gasteiger partial charge is 0.394 e. The number of hydrogen-bond acceptors (Lipinski definition) is 3. The molecule has 0 radical (unpaired) electrons. The Morgan fingerprint density at radius 1 is 1.38 bits per heavy atom. The Morgan fingerprint density at radius 2 is 2.06 bits per heavy atom. The van der Waals surface area contributed by atoms with Crippen molar-refractivity contribution in [3.8, 4) is 0 Å². The van der Waals surface area contributed by atoms with Gasteiger partial charge in [-0.05, 0) is 25.7 Å². The van der Waals surface area contributed by atoms with Crippen molar-refractivity contribution in [2.75, 3.05) is 6.61 Å². The predicted molar refractivity (Wildman–Crippen MR) is 58.4 cm³/mol. The van der Waals surface area contributed by atoms with Gasteiger partial charge in [-0.25, -0.2) is 0 Å². The van der Waals surface area contributed by atoms with Gasteiger partial charge in [-0.2, -0.15) is 0 Å². The molecule has 1 saturated heterocycles. The third kappa shape index (κ3) is 1.56. The maximum atomic E-state index is 12.2. The highest BCUT2D eigenvalue weighted by Gasteiger charge is 2.51. The Balaban J connectivity index is 2.26. The number of imide groups is 1. The molecule has 2 fully saturated rings. The molecular formula is C12H19NO3. The van der Waals surface area contributed by atoms with Crippen molar-refractivity contribution < 1.29 is 14.7 Å². The molecule has 1 saturated carbocycles. The summed E-state index contributed by atoms with van der Waals surface area (Å²) in [5, 5.41) is 9.08. The normalized spacial score (nSPS) is 36.4. The van der Waals surface area contributed by atoms with Crippen LogP contribution in [0.15, 0.2) is 0 Å². The molecule has 1 aliphatic carbocycles. The van der Waals surface area contributed by atoms with Crippen LogP contribution in [-0.4, -0.2) is 34.5 Å². The van der Waals surface area contributed by atoms with Crippen LogP contribution in [0.2, 0.25) is 0 Å². The highest BCUT2D eigenvalue weighted by molar-refractivity contribution is 6.05. The minimum Gasteiger partial charge on any atom is -0.394 e.